The average Bonchev–Trinajstić information content (AvgIpc) is 2.67. The summed E-state index contributed by atoms with van der Waals surface area (Å²) in [7, 11) is -3.62. The first-order chi connectivity index (χ1) is 9.67. The molecule has 114 valence electrons. The molecular weight excluding hydrogens is 296 g/mol. The van der Waals surface area contributed by atoms with Crippen molar-refractivity contribution in [2.75, 3.05) is 17.2 Å². The van der Waals surface area contributed by atoms with Crippen LogP contribution in [0.15, 0.2) is 18.2 Å². The van der Waals surface area contributed by atoms with Crippen LogP contribution in [0.4, 0.5) is 5.69 Å². The summed E-state index contributed by atoms with van der Waals surface area (Å²) in [6.07, 6.45) is 0.122. The van der Waals surface area contributed by atoms with Gasteiger partial charge in [0.15, 0.2) is 0 Å². The maximum atomic E-state index is 12.0. The molecule has 21 heavy (non-hydrogen) atoms. The van der Waals surface area contributed by atoms with Crippen molar-refractivity contribution in [1.29, 1.82) is 0 Å². The molecule has 8 heteroatoms. The van der Waals surface area contributed by atoms with Gasteiger partial charge in [0.25, 0.3) is 0 Å². The van der Waals surface area contributed by atoms with E-state index in [4.69, 9.17) is 10.2 Å². The monoisotopic (exact) mass is 312 g/mol. The highest BCUT2D eigenvalue weighted by molar-refractivity contribution is 7.89. The van der Waals surface area contributed by atoms with Gasteiger partial charge in [-0.25, -0.2) is 18.4 Å². The molecule has 0 aromatic heterocycles. The molecule has 0 radical (unpaired) electrons. The Bertz CT molecular complexity index is 699. The molecule has 1 aliphatic rings. The predicted octanol–water partition coefficient (Wildman–Crippen LogP) is 0.335. The third kappa shape index (κ3) is 3.59. The number of carbonyl (C=O) groups excluding carboxylic acids is 1. The second kappa shape index (κ2) is 5.45. The smallest absolute Gasteiger partial charge is 0.335 e. The normalized spacial score (nSPS) is 19.0. The quantitative estimate of drug-likeness (QED) is 0.831. The van der Waals surface area contributed by atoms with Gasteiger partial charge in [-0.2, -0.15) is 0 Å². The number of hydrogen-bond acceptors (Lipinski definition) is 4. The third-order valence-electron chi connectivity index (χ3n) is 3.41. The summed E-state index contributed by atoms with van der Waals surface area (Å²) >= 11 is 0. The maximum absolute atomic E-state index is 12.0. The summed E-state index contributed by atoms with van der Waals surface area (Å²) in [4.78, 5) is 24.4. The van der Waals surface area contributed by atoms with Crippen molar-refractivity contribution in [3.8, 4) is 0 Å². The first kappa shape index (κ1) is 15.5. The molecule has 1 amide bonds. The van der Waals surface area contributed by atoms with Gasteiger partial charge in [0.1, 0.15) is 0 Å². The molecule has 1 aromatic rings. The first-order valence-electron chi connectivity index (χ1n) is 6.32. The molecule has 1 atom stereocenters. The Hall–Kier alpha value is -1.93. The Balaban J connectivity index is 2.23. The molecule has 1 aliphatic heterocycles. The van der Waals surface area contributed by atoms with Gasteiger partial charge in [0.2, 0.25) is 15.9 Å². The van der Waals surface area contributed by atoms with Crippen LogP contribution in [0.1, 0.15) is 22.3 Å². The zero-order chi connectivity index (χ0) is 15.8. The highest BCUT2D eigenvalue weighted by Gasteiger charge is 2.33. The van der Waals surface area contributed by atoms with E-state index < -0.39 is 16.0 Å². The van der Waals surface area contributed by atoms with Crippen LogP contribution in [-0.2, 0) is 14.8 Å². The number of benzene rings is 1. The van der Waals surface area contributed by atoms with Gasteiger partial charge in [-0.1, -0.05) is 0 Å². The van der Waals surface area contributed by atoms with Gasteiger partial charge in [-0.15, -0.1) is 0 Å². The van der Waals surface area contributed by atoms with Crippen LogP contribution >= 0.6 is 0 Å². The molecule has 0 aliphatic carbocycles. The molecule has 7 nitrogen and oxygen atoms in total. The summed E-state index contributed by atoms with van der Waals surface area (Å²) in [6.45, 7) is 1.98. The van der Waals surface area contributed by atoms with Gasteiger partial charge >= 0.3 is 5.97 Å². The van der Waals surface area contributed by atoms with Gasteiger partial charge in [0.05, 0.1) is 11.3 Å². The van der Waals surface area contributed by atoms with Crippen molar-refractivity contribution in [3.63, 3.8) is 0 Å². The number of amides is 1. The topological polar surface area (TPSA) is 118 Å². The van der Waals surface area contributed by atoms with E-state index in [1.165, 1.54) is 17.0 Å². The molecule has 1 aromatic carbocycles. The number of hydrogen-bond donors (Lipinski definition) is 2. The molecule has 1 unspecified atom stereocenters. The van der Waals surface area contributed by atoms with Crippen LogP contribution in [0.5, 0.6) is 0 Å². The highest BCUT2D eigenvalue weighted by Crippen LogP contribution is 2.29. The summed E-state index contributed by atoms with van der Waals surface area (Å²) in [5.41, 5.74) is 1.39. The third-order valence-corrected chi connectivity index (χ3v) is 4.34. The van der Waals surface area contributed by atoms with Crippen LogP contribution in [-0.4, -0.2) is 37.7 Å². The Morgan fingerprint density at radius 1 is 1.48 bits per heavy atom. The lowest BCUT2D eigenvalue weighted by molar-refractivity contribution is -0.117. The summed E-state index contributed by atoms with van der Waals surface area (Å²) in [6, 6.07) is 4.47. The largest absolute Gasteiger partial charge is 0.478 e. The van der Waals surface area contributed by atoms with Gasteiger partial charge in [0, 0.05) is 24.6 Å². The number of carboxylic acid groups (broad SMARTS) is 1. The number of aromatic carboxylic acids is 1. The number of sulfonamides is 1. The minimum Gasteiger partial charge on any atom is -0.478 e. The lowest BCUT2D eigenvalue weighted by Crippen LogP contribution is -2.28. The zero-order valence-corrected chi connectivity index (χ0v) is 12.3. The first-order valence-corrected chi connectivity index (χ1v) is 8.03. The van der Waals surface area contributed by atoms with E-state index in [0.717, 1.165) is 0 Å². The SMILES string of the molecule is Cc1cc(C(=O)O)ccc1N1CC(CS(N)(=O)=O)CC1=O. The molecule has 3 N–H and O–H groups in total. The Morgan fingerprint density at radius 3 is 2.67 bits per heavy atom. The van der Waals surface area contributed by atoms with E-state index in [9.17, 15) is 18.0 Å². The molecule has 1 saturated heterocycles. The van der Waals surface area contributed by atoms with Crippen LogP contribution in [0.2, 0.25) is 0 Å². The number of rotatable bonds is 4. The van der Waals surface area contributed by atoms with Crippen molar-refractivity contribution in [3.05, 3.63) is 29.3 Å². The Morgan fingerprint density at radius 2 is 2.14 bits per heavy atom. The van der Waals surface area contributed by atoms with E-state index in [-0.39, 0.29) is 36.1 Å². The van der Waals surface area contributed by atoms with Crippen LogP contribution < -0.4 is 10.0 Å². The lowest BCUT2D eigenvalue weighted by atomic mass is 10.1. The predicted molar refractivity (Wildman–Crippen MR) is 76.6 cm³/mol. The van der Waals surface area contributed by atoms with Gasteiger partial charge in [-0.3, -0.25) is 4.79 Å². The van der Waals surface area contributed by atoms with E-state index in [2.05, 4.69) is 0 Å². The Labute approximate surface area is 122 Å². The average molecular weight is 312 g/mol. The van der Waals surface area contributed by atoms with Gasteiger partial charge < -0.3 is 10.0 Å². The van der Waals surface area contributed by atoms with E-state index in [0.29, 0.717) is 11.3 Å². The second-order valence-corrected chi connectivity index (χ2v) is 6.87. The zero-order valence-electron chi connectivity index (χ0n) is 11.4. The summed E-state index contributed by atoms with van der Waals surface area (Å²) in [5.74, 6) is -1.80. The van der Waals surface area contributed by atoms with E-state index >= 15 is 0 Å². The van der Waals surface area contributed by atoms with Crippen molar-refractivity contribution in [2.45, 2.75) is 13.3 Å². The fraction of sp³-hybridized carbons (Fsp3) is 0.385. The minimum absolute atomic E-state index is 0.122. The maximum Gasteiger partial charge on any atom is 0.335 e. The molecule has 0 spiro atoms. The van der Waals surface area contributed by atoms with Gasteiger partial charge in [-0.05, 0) is 30.7 Å². The number of primary sulfonamides is 1. The van der Waals surface area contributed by atoms with Crippen molar-refractivity contribution < 1.29 is 23.1 Å². The van der Waals surface area contributed by atoms with Crippen LogP contribution in [0.3, 0.4) is 0 Å². The minimum atomic E-state index is -3.62. The second-order valence-electron chi connectivity index (χ2n) is 5.21. The number of nitrogens with zero attached hydrogens (tertiary/aromatic N) is 1. The fourth-order valence-electron chi connectivity index (χ4n) is 2.55. The van der Waals surface area contributed by atoms with Crippen molar-refractivity contribution in [2.24, 2.45) is 11.1 Å². The van der Waals surface area contributed by atoms with Crippen LogP contribution in [0.25, 0.3) is 0 Å². The summed E-state index contributed by atoms with van der Waals surface area (Å²) in [5, 5.41) is 13.9. The van der Waals surface area contributed by atoms with Crippen molar-refractivity contribution >= 4 is 27.6 Å². The number of aryl methyl sites for hydroxylation is 1. The molecule has 1 heterocycles. The molecule has 0 bridgehead atoms. The van der Waals surface area contributed by atoms with Crippen LogP contribution in [0, 0.1) is 12.8 Å². The number of carboxylic acids is 1. The molecule has 0 saturated carbocycles. The Kier molecular flexibility index (Phi) is 4.02. The standard InChI is InChI=1S/C13H16N2O5S/c1-8-4-10(13(17)18)2-3-11(8)15-6-9(5-12(15)16)7-21(14,19)20/h2-4,9H,5-7H2,1H3,(H,17,18)(H2,14,19,20). The van der Waals surface area contributed by atoms with Crippen molar-refractivity contribution in [1.82, 2.24) is 0 Å². The van der Waals surface area contributed by atoms with E-state index in [1.54, 1.807) is 13.0 Å². The highest BCUT2D eigenvalue weighted by atomic mass is 32.2. The lowest BCUT2D eigenvalue weighted by Gasteiger charge is -2.19. The molecule has 2 rings (SSSR count). The number of anilines is 1. The number of nitrogens with two attached hydrogens (primary N) is 1. The molecular formula is C13H16N2O5S. The fourth-order valence-corrected chi connectivity index (χ4v) is 3.43. The summed E-state index contributed by atoms with van der Waals surface area (Å²) < 4.78 is 22.2. The molecule has 1 fully saturated rings. The number of carbonyl (C=O) groups is 2. The van der Waals surface area contributed by atoms with E-state index in [1.807, 2.05) is 0 Å².